The van der Waals surface area contributed by atoms with Gasteiger partial charge in [-0.15, -0.1) is 0 Å². The van der Waals surface area contributed by atoms with Crippen LogP contribution in [0.1, 0.15) is 0 Å². The zero-order chi connectivity index (χ0) is 19.2. The highest BCUT2D eigenvalue weighted by atomic mass is 16.6. The van der Waals surface area contributed by atoms with E-state index in [1.54, 1.807) is 36.4 Å². The fourth-order valence-corrected chi connectivity index (χ4v) is 2.62. The Balaban J connectivity index is 1.60. The summed E-state index contributed by atoms with van der Waals surface area (Å²) in [6.07, 6.45) is -7.12. The van der Waals surface area contributed by atoms with Crippen LogP contribution < -0.4 is 21.7 Å². The van der Waals surface area contributed by atoms with Crippen LogP contribution in [-0.2, 0) is 9.53 Å². The fourth-order valence-electron chi connectivity index (χ4n) is 2.62. The number of hydrazine groups is 2. The van der Waals surface area contributed by atoms with E-state index < -0.39 is 36.6 Å². The average molecular weight is 374 g/mol. The quantitative estimate of drug-likeness (QED) is 0.338. The number of ether oxygens (including phenoxy) is 1. The summed E-state index contributed by atoms with van der Waals surface area (Å²) in [5.41, 5.74) is 12.0. The lowest BCUT2D eigenvalue weighted by atomic mass is 9.98. The first-order valence-corrected chi connectivity index (χ1v) is 8.43. The largest absolute Gasteiger partial charge is 0.387 e. The van der Waals surface area contributed by atoms with Gasteiger partial charge in [-0.1, -0.05) is 36.4 Å². The summed E-state index contributed by atoms with van der Waals surface area (Å²) in [6, 6.07) is 17.9. The van der Waals surface area contributed by atoms with Crippen LogP contribution in [0.4, 0.5) is 11.4 Å². The lowest BCUT2D eigenvalue weighted by Gasteiger charge is -2.40. The minimum Gasteiger partial charge on any atom is -0.387 e. The van der Waals surface area contributed by atoms with Gasteiger partial charge in [0.15, 0.2) is 12.3 Å². The molecular weight excluding hydrogens is 352 g/mol. The molecule has 0 unspecified atom stereocenters. The molecule has 1 saturated heterocycles. The summed E-state index contributed by atoms with van der Waals surface area (Å²) in [5, 5.41) is 30.3. The lowest BCUT2D eigenvalue weighted by Crippen LogP contribution is -2.65. The molecule has 3 rings (SSSR count). The van der Waals surface area contributed by atoms with E-state index in [9.17, 15) is 20.1 Å². The number of anilines is 2. The molecule has 0 aliphatic carbocycles. The number of carbonyl (C=O) groups excluding carboxylic acids is 1. The maximum Gasteiger partial charge on any atom is 0.270 e. The maximum absolute atomic E-state index is 12.4. The second-order valence-electron chi connectivity index (χ2n) is 6.06. The van der Waals surface area contributed by atoms with E-state index in [4.69, 9.17) is 4.74 Å². The highest BCUT2D eigenvalue weighted by molar-refractivity contribution is 5.82. The smallest absolute Gasteiger partial charge is 0.270 e. The van der Waals surface area contributed by atoms with Crippen LogP contribution in [0.2, 0.25) is 0 Å². The van der Waals surface area contributed by atoms with E-state index in [-0.39, 0.29) is 0 Å². The summed E-state index contributed by atoms with van der Waals surface area (Å²) in [7, 11) is 0. The van der Waals surface area contributed by atoms with Crippen molar-refractivity contribution in [2.24, 2.45) is 0 Å². The van der Waals surface area contributed by atoms with Gasteiger partial charge in [0.2, 0.25) is 0 Å². The van der Waals surface area contributed by atoms with Gasteiger partial charge in [0, 0.05) is 5.69 Å². The molecule has 0 saturated carbocycles. The zero-order valence-corrected chi connectivity index (χ0v) is 14.3. The van der Waals surface area contributed by atoms with Crippen molar-refractivity contribution in [3.05, 3.63) is 60.7 Å². The second-order valence-corrected chi connectivity index (χ2v) is 6.06. The summed E-state index contributed by atoms with van der Waals surface area (Å²) >= 11 is 0. The molecule has 2 aromatic carbocycles. The predicted octanol–water partition coefficient (Wildman–Crippen LogP) is -0.446. The van der Waals surface area contributed by atoms with Gasteiger partial charge in [-0.05, 0) is 24.3 Å². The molecule has 1 aliphatic heterocycles. The normalized spacial score (nSPS) is 27.6. The molecule has 0 aromatic heterocycles. The molecule has 0 radical (unpaired) electrons. The van der Waals surface area contributed by atoms with Crippen LogP contribution in [0, 0.1) is 0 Å². The number of benzene rings is 2. The molecule has 144 valence electrons. The van der Waals surface area contributed by atoms with Crippen molar-refractivity contribution < 1.29 is 24.9 Å². The minimum atomic E-state index is -1.59. The number of amides is 1. The van der Waals surface area contributed by atoms with E-state index in [0.29, 0.717) is 11.4 Å². The third kappa shape index (κ3) is 4.73. The Hall–Kier alpha value is -2.69. The highest BCUT2D eigenvalue weighted by Crippen LogP contribution is 2.20. The van der Waals surface area contributed by atoms with Crippen LogP contribution >= 0.6 is 0 Å². The van der Waals surface area contributed by atoms with Gasteiger partial charge < -0.3 is 25.5 Å². The molecule has 9 nitrogen and oxygen atoms in total. The maximum atomic E-state index is 12.4. The molecule has 27 heavy (non-hydrogen) atoms. The topological polar surface area (TPSA) is 135 Å². The van der Waals surface area contributed by atoms with Crippen LogP contribution in [0.3, 0.4) is 0 Å². The van der Waals surface area contributed by atoms with E-state index in [1.807, 2.05) is 24.3 Å². The number of para-hydroxylation sites is 2. The number of rotatable bonds is 6. The summed E-state index contributed by atoms with van der Waals surface area (Å²) in [4.78, 5) is 12.4. The Morgan fingerprint density at radius 2 is 1.33 bits per heavy atom. The molecule has 2 aromatic rings. The Kier molecular flexibility index (Phi) is 6.22. The van der Waals surface area contributed by atoms with Crippen LogP contribution in [0.25, 0.3) is 0 Å². The molecule has 1 heterocycles. The van der Waals surface area contributed by atoms with Crippen molar-refractivity contribution in [2.75, 3.05) is 10.9 Å². The van der Waals surface area contributed by atoms with Crippen molar-refractivity contribution in [1.29, 1.82) is 0 Å². The first kappa shape index (κ1) is 19.1. The average Bonchev–Trinajstić information content (AvgIpc) is 2.71. The van der Waals surface area contributed by atoms with E-state index in [1.165, 1.54) is 0 Å². The molecule has 1 amide bonds. The Morgan fingerprint density at radius 1 is 0.778 bits per heavy atom. The number of aliphatic hydroxyl groups is 3. The highest BCUT2D eigenvalue weighted by Gasteiger charge is 2.46. The van der Waals surface area contributed by atoms with Crippen LogP contribution in [-0.4, -0.2) is 51.9 Å². The first-order chi connectivity index (χ1) is 13.1. The summed E-state index contributed by atoms with van der Waals surface area (Å²) < 4.78 is 5.47. The molecular formula is C18H22N4O5. The van der Waals surface area contributed by atoms with E-state index in [2.05, 4.69) is 21.7 Å². The standard InChI is InChI=1S/C18H22N4O5/c23-13-14(24)16(17(26)21-19-11-7-3-1-4-8-11)27-18(15(13)25)22-20-12-9-5-2-6-10-12/h1-10,13-16,18-20,22-25H,(H,21,26)/t13-,14+,15+,16+,18-/m0/s1. The molecule has 5 atom stereocenters. The van der Waals surface area contributed by atoms with Gasteiger partial charge in [-0.25, -0.2) is 5.43 Å². The van der Waals surface area contributed by atoms with Gasteiger partial charge in [0.1, 0.15) is 18.3 Å². The monoisotopic (exact) mass is 374 g/mol. The number of hydrogen-bond acceptors (Lipinski definition) is 8. The molecule has 0 bridgehead atoms. The van der Waals surface area contributed by atoms with Gasteiger partial charge in [-0.2, -0.15) is 0 Å². The Bertz CT molecular complexity index is 733. The Morgan fingerprint density at radius 3 is 1.93 bits per heavy atom. The van der Waals surface area contributed by atoms with Crippen molar-refractivity contribution in [2.45, 2.75) is 30.6 Å². The summed E-state index contributed by atoms with van der Waals surface area (Å²) in [5.74, 6) is -0.691. The van der Waals surface area contributed by atoms with Crippen molar-refractivity contribution in [3.8, 4) is 0 Å². The first-order valence-electron chi connectivity index (χ1n) is 8.43. The fraction of sp³-hybridized carbons (Fsp3) is 0.278. The lowest BCUT2D eigenvalue weighted by molar-refractivity contribution is -0.225. The number of carbonyl (C=O) groups is 1. The van der Waals surface area contributed by atoms with Gasteiger partial charge >= 0.3 is 0 Å². The van der Waals surface area contributed by atoms with Gasteiger partial charge in [0.05, 0.1) is 5.69 Å². The number of aliphatic hydroxyl groups excluding tert-OH is 3. The van der Waals surface area contributed by atoms with Crippen LogP contribution in [0.15, 0.2) is 60.7 Å². The molecule has 7 N–H and O–H groups in total. The van der Waals surface area contributed by atoms with Gasteiger partial charge in [-0.3, -0.25) is 15.6 Å². The van der Waals surface area contributed by atoms with Crippen LogP contribution in [0.5, 0.6) is 0 Å². The molecule has 1 fully saturated rings. The SMILES string of the molecule is O=C(NNc1ccccc1)[C@@H]1O[C@H](NNc2ccccc2)[C@H](O)[C@@H](O)[C@H]1O. The second kappa shape index (κ2) is 8.80. The third-order valence-corrected chi connectivity index (χ3v) is 4.11. The minimum absolute atomic E-state index is 0.636. The van der Waals surface area contributed by atoms with E-state index >= 15 is 0 Å². The Labute approximate surface area is 155 Å². The molecule has 1 aliphatic rings. The zero-order valence-electron chi connectivity index (χ0n) is 14.3. The van der Waals surface area contributed by atoms with E-state index in [0.717, 1.165) is 0 Å². The summed E-state index contributed by atoms with van der Waals surface area (Å²) in [6.45, 7) is 0. The van der Waals surface area contributed by atoms with Crippen molar-refractivity contribution >= 4 is 17.3 Å². The number of hydrogen-bond donors (Lipinski definition) is 7. The molecule has 0 spiro atoms. The third-order valence-electron chi connectivity index (χ3n) is 4.11. The van der Waals surface area contributed by atoms with Gasteiger partial charge in [0.25, 0.3) is 5.91 Å². The van der Waals surface area contributed by atoms with Crippen molar-refractivity contribution in [3.63, 3.8) is 0 Å². The number of nitrogens with one attached hydrogen (secondary N) is 4. The predicted molar refractivity (Wildman–Crippen MR) is 98.1 cm³/mol. The van der Waals surface area contributed by atoms with Crippen molar-refractivity contribution in [1.82, 2.24) is 10.9 Å². The molecule has 9 heteroatoms.